The third-order valence-electron chi connectivity index (χ3n) is 3.11. The number of anilines is 2. The number of benzene rings is 1. The van der Waals surface area contributed by atoms with Crippen molar-refractivity contribution in [2.24, 2.45) is 0 Å². The molecule has 0 saturated heterocycles. The number of carbonyl (C=O) groups is 2. The Morgan fingerprint density at radius 3 is 2.85 bits per heavy atom. The highest BCUT2D eigenvalue weighted by atomic mass is 16.5. The first-order valence-electron chi connectivity index (χ1n) is 7.02. The monoisotopic (exact) mass is 276 g/mol. The summed E-state index contributed by atoms with van der Waals surface area (Å²) in [5.74, 6) is 0.625. The van der Waals surface area contributed by atoms with Crippen LogP contribution in [0.1, 0.15) is 33.1 Å². The molecule has 20 heavy (non-hydrogen) atoms. The molecule has 0 spiro atoms. The molecule has 0 aliphatic carbocycles. The van der Waals surface area contributed by atoms with Crippen molar-refractivity contribution in [1.29, 1.82) is 0 Å². The van der Waals surface area contributed by atoms with Crippen LogP contribution in [0.3, 0.4) is 0 Å². The van der Waals surface area contributed by atoms with E-state index in [2.05, 4.69) is 5.32 Å². The average Bonchev–Trinajstić information content (AvgIpc) is 2.42. The molecule has 0 saturated carbocycles. The lowest BCUT2D eigenvalue weighted by atomic mass is 10.2. The predicted molar refractivity (Wildman–Crippen MR) is 78.1 cm³/mol. The van der Waals surface area contributed by atoms with Gasteiger partial charge in [0.15, 0.2) is 6.61 Å². The smallest absolute Gasteiger partial charge is 0.265 e. The molecular formula is C15H20N2O3. The minimum atomic E-state index is -0.0450. The van der Waals surface area contributed by atoms with E-state index in [1.54, 1.807) is 23.1 Å². The van der Waals surface area contributed by atoms with Crippen LogP contribution in [0.4, 0.5) is 11.4 Å². The van der Waals surface area contributed by atoms with Gasteiger partial charge >= 0.3 is 0 Å². The molecule has 0 radical (unpaired) electrons. The van der Waals surface area contributed by atoms with E-state index < -0.39 is 0 Å². The maximum Gasteiger partial charge on any atom is 0.265 e. The minimum Gasteiger partial charge on any atom is -0.482 e. The van der Waals surface area contributed by atoms with Crippen LogP contribution in [0.2, 0.25) is 0 Å². The van der Waals surface area contributed by atoms with Crippen LogP contribution in [0, 0.1) is 0 Å². The standard InChI is InChI=1S/C15H20N2O3/c1-3-5-14(18)16-11-6-7-13-12(9-11)17(8-4-2)15(19)10-20-13/h6-7,9H,3-5,8,10H2,1-2H3,(H,16,18). The normalized spacial score (nSPS) is 13.7. The Morgan fingerprint density at radius 1 is 1.35 bits per heavy atom. The lowest BCUT2D eigenvalue weighted by Crippen LogP contribution is -2.39. The van der Waals surface area contributed by atoms with E-state index >= 15 is 0 Å². The van der Waals surface area contributed by atoms with Crippen molar-refractivity contribution in [3.05, 3.63) is 18.2 Å². The zero-order valence-corrected chi connectivity index (χ0v) is 11.9. The van der Waals surface area contributed by atoms with Crippen molar-refractivity contribution in [1.82, 2.24) is 0 Å². The molecule has 1 aliphatic heterocycles. The highest BCUT2D eigenvalue weighted by Crippen LogP contribution is 2.34. The Kier molecular flexibility index (Phi) is 4.61. The van der Waals surface area contributed by atoms with E-state index in [4.69, 9.17) is 4.74 Å². The van der Waals surface area contributed by atoms with Crippen LogP contribution >= 0.6 is 0 Å². The Bertz CT molecular complexity index is 514. The summed E-state index contributed by atoms with van der Waals surface area (Å²) < 4.78 is 5.42. The SMILES string of the molecule is CCCC(=O)Nc1ccc2c(c1)N(CCC)C(=O)CO2. The van der Waals surface area contributed by atoms with Gasteiger partial charge in [0.2, 0.25) is 5.91 Å². The molecule has 1 N–H and O–H groups in total. The van der Waals surface area contributed by atoms with Crippen molar-refractivity contribution < 1.29 is 14.3 Å². The molecule has 0 bridgehead atoms. The van der Waals surface area contributed by atoms with E-state index in [1.807, 2.05) is 13.8 Å². The van der Waals surface area contributed by atoms with Gasteiger partial charge in [-0.3, -0.25) is 9.59 Å². The highest BCUT2D eigenvalue weighted by molar-refractivity contribution is 5.99. The molecule has 0 atom stereocenters. The minimum absolute atomic E-state index is 0.0162. The fraction of sp³-hybridized carbons (Fsp3) is 0.467. The van der Waals surface area contributed by atoms with E-state index in [0.717, 1.165) is 18.5 Å². The van der Waals surface area contributed by atoms with Gasteiger partial charge in [0.1, 0.15) is 5.75 Å². The second-order valence-corrected chi connectivity index (χ2v) is 4.81. The summed E-state index contributed by atoms with van der Waals surface area (Å²) in [5, 5.41) is 2.84. The molecule has 1 aliphatic rings. The zero-order valence-electron chi connectivity index (χ0n) is 11.9. The fourth-order valence-corrected chi connectivity index (χ4v) is 2.20. The zero-order chi connectivity index (χ0) is 14.5. The number of nitrogens with zero attached hydrogens (tertiary/aromatic N) is 1. The number of ether oxygens (including phenoxy) is 1. The maximum absolute atomic E-state index is 11.9. The van der Waals surface area contributed by atoms with Crippen LogP contribution in [-0.4, -0.2) is 25.0 Å². The first kappa shape index (κ1) is 14.4. The molecule has 0 aromatic heterocycles. The van der Waals surface area contributed by atoms with Crippen LogP contribution in [0.15, 0.2) is 18.2 Å². The van der Waals surface area contributed by atoms with Gasteiger partial charge < -0.3 is 15.0 Å². The second-order valence-electron chi connectivity index (χ2n) is 4.81. The van der Waals surface area contributed by atoms with Gasteiger partial charge in [0.05, 0.1) is 5.69 Å². The van der Waals surface area contributed by atoms with Gasteiger partial charge in [-0.05, 0) is 31.0 Å². The number of amides is 2. The molecule has 5 nitrogen and oxygen atoms in total. The third kappa shape index (κ3) is 3.10. The van der Waals surface area contributed by atoms with Crippen LogP contribution in [-0.2, 0) is 9.59 Å². The number of rotatable bonds is 5. The number of hydrogen-bond donors (Lipinski definition) is 1. The van der Waals surface area contributed by atoms with E-state index in [9.17, 15) is 9.59 Å². The number of fused-ring (bicyclic) bond motifs is 1. The average molecular weight is 276 g/mol. The molecule has 1 aromatic rings. The van der Waals surface area contributed by atoms with Gasteiger partial charge in [-0.1, -0.05) is 13.8 Å². The van der Waals surface area contributed by atoms with Gasteiger partial charge in [0.25, 0.3) is 5.91 Å². The summed E-state index contributed by atoms with van der Waals surface area (Å²) in [7, 11) is 0. The Labute approximate surface area is 118 Å². The fourth-order valence-electron chi connectivity index (χ4n) is 2.20. The van der Waals surface area contributed by atoms with E-state index in [0.29, 0.717) is 24.4 Å². The number of carbonyl (C=O) groups excluding carboxylic acids is 2. The van der Waals surface area contributed by atoms with Crippen LogP contribution < -0.4 is 15.0 Å². The summed E-state index contributed by atoms with van der Waals surface area (Å²) >= 11 is 0. The van der Waals surface area contributed by atoms with Crippen molar-refractivity contribution in [3.63, 3.8) is 0 Å². The Balaban J connectivity index is 2.23. The van der Waals surface area contributed by atoms with Gasteiger partial charge in [-0.15, -0.1) is 0 Å². The molecule has 2 amide bonds. The summed E-state index contributed by atoms with van der Waals surface area (Å²) in [5.41, 5.74) is 1.43. The molecule has 1 heterocycles. The van der Waals surface area contributed by atoms with E-state index in [-0.39, 0.29) is 18.4 Å². The topological polar surface area (TPSA) is 58.6 Å². The molecule has 108 valence electrons. The second kappa shape index (κ2) is 6.41. The quantitative estimate of drug-likeness (QED) is 0.899. The molecule has 0 fully saturated rings. The third-order valence-corrected chi connectivity index (χ3v) is 3.11. The first-order chi connectivity index (χ1) is 9.65. The molecule has 1 aromatic carbocycles. The summed E-state index contributed by atoms with van der Waals surface area (Å²) in [4.78, 5) is 25.2. The molecule has 5 heteroatoms. The largest absolute Gasteiger partial charge is 0.482 e. The van der Waals surface area contributed by atoms with Crippen LogP contribution in [0.25, 0.3) is 0 Å². The number of hydrogen-bond acceptors (Lipinski definition) is 3. The van der Waals surface area contributed by atoms with Crippen molar-refractivity contribution in [2.75, 3.05) is 23.4 Å². The Morgan fingerprint density at radius 2 is 2.15 bits per heavy atom. The highest BCUT2D eigenvalue weighted by Gasteiger charge is 2.25. The van der Waals surface area contributed by atoms with Gasteiger partial charge in [-0.25, -0.2) is 0 Å². The van der Waals surface area contributed by atoms with Crippen molar-refractivity contribution in [3.8, 4) is 5.75 Å². The van der Waals surface area contributed by atoms with Gasteiger partial charge in [-0.2, -0.15) is 0 Å². The van der Waals surface area contributed by atoms with Crippen molar-refractivity contribution in [2.45, 2.75) is 33.1 Å². The molecule has 0 unspecified atom stereocenters. The lowest BCUT2D eigenvalue weighted by Gasteiger charge is -2.29. The molecular weight excluding hydrogens is 256 g/mol. The van der Waals surface area contributed by atoms with Crippen LogP contribution in [0.5, 0.6) is 5.75 Å². The number of nitrogens with one attached hydrogen (secondary N) is 1. The first-order valence-corrected chi connectivity index (χ1v) is 7.02. The predicted octanol–water partition coefficient (Wildman–Crippen LogP) is 2.56. The summed E-state index contributed by atoms with van der Waals surface area (Å²) in [6, 6.07) is 5.40. The molecule has 2 rings (SSSR count). The van der Waals surface area contributed by atoms with E-state index in [1.165, 1.54) is 0 Å². The maximum atomic E-state index is 11.9. The summed E-state index contributed by atoms with van der Waals surface area (Å²) in [6.07, 6.45) is 2.17. The van der Waals surface area contributed by atoms with Gasteiger partial charge in [0, 0.05) is 18.7 Å². The lowest BCUT2D eigenvalue weighted by molar-refractivity contribution is -0.121. The van der Waals surface area contributed by atoms with Crippen molar-refractivity contribution >= 4 is 23.2 Å². The summed E-state index contributed by atoms with van der Waals surface area (Å²) in [6.45, 7) is 4.72. The Hall–Kier alpha value is -2.04.